The minimum Gasteiger partial charge on any atom is -0.385 e. The van der Waals surface area contributed by atoms with Crippen LogP contribution in [0, 0.1) is 0 Å². The molecule has 1 fully saturated rings. The number of hydrogen-bond acceptors (Lipinski definition) is 3. The standard InChI is InChI=1S/C11H15NO3S/c1-12(16(2,14)15)10-5-3-9(4-6-10)11(13)7-8-11/h3-6,13H,7-8H2,1-2H3. The third kappa shape index (κ3) is 2.05. The molecule has 0 aromatic heterocycles. The predicted octanol–water partition coefficient (Wildman–Crippen LogP) is 1.06. The maximum absolute atomic E-state index is 11.3. The van der Waals surface area contributed by atoms with Gasteiger partial charge in [0.1, 0.15) is 0 Å². The first-order valence-corrected chi connectivity index (χ1v) is 6.95. The Balaban J connectivity index is 2.26. The first-order chi connectivity index (χ1) is 7.33. The van der Waals surface area contributed by atoms with E-state index in [9.17, 15) is 13.5 Å². The van der Waals surface area contributed by atoms with Crippen LogP contribution in [0.2, 0.25) is 0 Å². The molecule has 1 aliphatic carbocycles. The van der Waals surface area contributed by atoms with Crippen LogP contribution >= 0.6 is 0 Å². The van der Waals surface area contributed by atoms with Crippen molar-refractivity contribution in [1.82, 2.24) is 0 Å². The van der Waals surface area contributed by atoms with Crippen molar-refractivity contribution >= 4 is 15.7 Å². The molecule has 4 nitrogen and oxygen atoms in total. The van der Waals surface area contributed by atoms with E-state index in [2.05, 4.69) is 0 Å². The van der Waals surface area contributed by atoms with E-state index in [0.717, 1.165) is 24.7 Å². The number of hydrogen-bond donors (Lipinski definition) is 1. The van der Waals surface area contributed by atoms with Gasteiger partial charge in [0.05, 0.1) is 17.5 Å². The van der Waals surface area contributed by atoms with Gasteiger partial charge in [-0.05, 0) is 30.5 Å². The number of rotatable bonds is 3. The van der Waals surface area contributed by atoms with Crippen molar-refractivity contribution in [3.8, 4) is 0 Å². The zero-order valence-corrected chi connectivity index (χ0v) is 10.2. The van der Waals surface area contributed by atoms with Gasteiger partial charge in [-0.2, -0.15) is 0 Å². The monoisotopic (exact) mass is 241 g/mol. The lowest BCUT2D eigenvalue weighted by atomic mass is 10.1. The molecule has 88 valence electrons. The highest BCUT2D eigenvalue weighted by Crippen LogP contribution is 2.45. The molecular weight excluding hydrogens is 226 g/mol. The van der Waals surface area contributed by atoms with Crippen LogP contribution in [0.15, 0.2) is 24.3 Å². The summed E-state index contributed by atoms with van der Waals surface area (Å²) in [7, 11) is -1.71. The smallest absolute Gasteiger partial charge is 0.231 e. The SMILES string of the molecule is CN(c1ccc(C2(O)CC2)cc1)S(C)(=O)=O. The van der Waals surface area contributed by atoms with Crippen molar-refractivity contribution in [3.05, 3.63) is 29.8 Å². The van der Waals surface area contributed by atoms with Crippen molar-refractivity contribution in [2.75, 3.05) is 17.6 Å². The van der Waals surface area contributed by atoms with Crippen LogP contribution in [0.1, 0.15) is 18.4 Å². The lowest BCUT2D eigenvalue weighted by molar-refractivity contribution is 0.151. The second-order valence-electron chi connectivity index (χ2n) is 4.31. The molecule has 1 N–H and O–H groups in total. The topological polar surface area (TPSA) is 57.6 Å². The molecular formula is C11H15NO3S. The van der Waals surface area contributed by atoms with E-state index in [1.807, 2.05) is 0 Å². The summed E-state index contributed by atoms with van der Waals surface area (Å²) in [5.41, 5.74) is 0.802. The van der Waals surface area contributed by atoms with E-state index in [-0.39, 0.29) is 0 Å². The summed E-state index contributed by atoms with van der Waals surface area (Å²) in [6.07, 6.45) is 2.73. The van der Waals surface area contributed by atoms with Crippen LogP contribution < -0.4 is 4.31 Å². The molecule has 0 bridgehead atoms. The van der Waals surface area contributed by atoms with Gasteiger partial charge in [-0.25, -0.2) is 8.42 Å². The van der Waals surface area contributed by atoms with Gasteiger partial charge in [-0.1, -0.05) is 12.1 Å². The van der Waals surface area contributed by atoms with E-state index in [4.69, 9.17) is 0 Å². The molecule has 0 unspecified atom stereocenters. The minimum atomic E-state index is -3.22. The van der Waals surface area contributed by atoms with Crippen LogP contribution in [0.25, 0.3) is 0 Å². The van der Waals surface area contributed by atoms with E-state index in [1.165, 1.54) is 11.4 Å². The summed E-state index contributed by atoms with van der Waals surface area (Å²) in [5.74, 6) is 0. The van der Waals surface area contributed by atoms with Gasteiger partial charge in [0.15, 0.2) is 0 Å². The second-order valence-corrected chi connectivity index (χ2v) is 6.32. The van der Waals surface area contributed by atoms with Crippen molar-refractivity contribution in [1.29, 1.82) is 0 Å². The van der Waals surface area contributed by atoms with E-state index in [0.29, 0.717) is 5.69 Å². The molecule has 2 rings (SSSR count). The van der Waals surface area contributed by atoms with Crippen LogP contribution in [0.3, 0.4) is 0 Å². The quantitative estimate of drug-likeness (QED) is 0.861. The maximum Gasteiger partial charge on any atom is 0.231 e. The van der Waals surface area contributed by atoms with Gasteiger partial charge in [0.25, 0.3) is 0 Å². The summed E-state index contributed by atoms with van der Waals surface area (Å²) in [4.78, 5) is 0. The van der Waals surface area contributed by atoms with Gasteiger partial charge in [-0.15, -0.1) is 0 Å². The fourth-order valence-corrected chi connectivity index (χ4v) is 2.08. The summed E-state index contributed by atoms with van der Waals surface area (Å²) in [5, 5.41) is 9.86. The van der Waals surface area contributed by atoms with E-state index < -0.39 is 15.6 Å². The number of benzene rings is 1. The number of aliphatic hydroxyl groups is 1. The molecule has 1 aliphatic rings. The molecule has 0 heterocycles. The Hall–Kier alpha value is -1.07. The normalized spacial score (nSPS) is 18.2. The van der Waals surface area contributed by atoms with Crippen LogP contribution in [-0.4, -0.2) is 26.8 Å². The molecule has 0 aliphatic heterocycles. The Labute approximate surface area is 95.6 Å². The Morgan fingerprint density at radius 2 is 1.75 bits per heavy atom. The van der Waals surface area contributed by atoms with E-state index >= 15 is 0 Å². The molecule has 0 spiro atoms. The molecule has 0 amide bonds. The second kappa shape index (κ2) is 3.46. The van der Waals surface area contributed by atoms with Crippen LogP contribution in [0.4, 0.5) is 5.69 Å². The van der Waals surface area contributed by atoms with Crippen LogP contribution in [-0.2, 0) is 15.6 Å². The first-order valence-electron chi connectivity index (χ1n) is 5.10. The maximum atomic E-state index is 11.3. The lowest BCUT2D eigenvalue weighted by Gasteiger charge is -2.17. The Kier molecular flexibility index (Phi) is 2.47. The molecule has 16 heavy (non-hydrogen) atoms. The van der Waals surface area contributed by atoms with Gasteiger partial charge >= 0.3 is 0 Å². The molecule has 1 aromatic rings. The third-order valence-electron chi connectivity index (χ3n) is 2.99. The first kappa shape index (κ1) is 11.4. The number of sulfonamides is 1. The Morgan fingerprint density at radius 1 is 1.25 bits per heavy atom. The summed E-state index contributed by atoms with van der Waals surface area (Å²) < 4.78 is 23.8. The third-order valence-corrected chi connectivity index (χ3v) is 4.20. The highest BCUT2D eigenvalue weighted by molar-refractivity contribution is 7.92. The zero-order valence-electron chi connectivity index (χ0n) is 9.34. The number of anilines is 1. The highest BCUT2D eigenvalue weighted by Gasteiger charge is 2.41. The van der Waals surface area contributed by atoms with Crippen molar-refractivity contribution in [3.63, 3.8) is 0 Å². The van der Waals surface area contributed by atoms with Crippen molar-refractivity contribution in [2.24, 2.45) is 0 Å². The fourth-order valence-electron chi connectivity index (χ4n) is 1.58. The molecule has 0 atom stereocenters. The van der Waals surface area contributed by atoms with Gasteiger partial charge < -0.3 is 5.11 Å². The largest absolute Gasteiger partial charge is 0.385 e. The van der Waals surface area contributed by atoms with Crippen molar-refractivity contribution in [2.45, 2.75) is 18.4 Å². The van der Waals surface area contributed by atoms with Gasteiger partial charge in [0.2, 0.25) is 10.0 Å². The summed E-state index contributed by atoms with van der Waals surface area (Å²) >= 11 is 0. The summed E-state index contributed by atoms with van der Waals surface area (Å²) in [6.45, 7) is 0. The molecule has 1 saturated carbocycles. The Bertz CT molecular complexity index is 488. The fraction of sp³-hybridized carbons (Fsp3) is 0.455. The molecule has 1 aromatic carbocycles. The van der Waals surface area contributed by atoms with Gasteiger partial charge in [-0.3, -0.25) is 4.31 Å². The predicted molar refractivity (Wildman–Crippen MR) is 62.8 cm³/mol. The minimum absolute atomic E-state index is 0.607. The number of nitrogens with zero attached hydrogens (tertiary/aromatic N) is 1. The molecule has 5 heteroatoms. The van der Waals surface area contributed by atoms with Crippen molar-refractivity contribution < 1.29 is 13.5 Å². The lowest BCUT2D eigenvalue weighted by Crippen LogP contribution is -2.24. The Morgan fingerprint density at radius 3 is 2.12 bits per heavy atom. The average molecular weight is 241 g/mol. The summed E-state index contributed by atoms with van der Waals surface area (Å²) in [6, 6.07) is 6.99. The van der Waals surface area contributed by atoms with E-state index in [1.54, 1.807) is 24.3 Å². The molecule has 0 saturated heterocycles. The molecule has 0 radical (unpaired) electrons. The highest BCUT2D eigenvalue weighted by atomic mass is 32.2. The average Bonchev–Trinajstić information content (AvgIpc) is 2.96. The van der Waals surface area contributed by atoms with Gasteiger partial charge in [0, 0.05) is 7.05 Å². The zero-order chi connectivity index (χ0) is 12.0. The van der Waals surface area contributed by atoms with Crippen LogP contribution in [0.5, 0.6) is 0 Å².